The SMILES string of the molecule is Cc1cc(C#CCN)cc(C(=O)NC(C)C2CCCC2)c1. The summed E-state index contributed by atoms with van der Waals surface area (Å²) in [5, 5.41) is 3.14. The van der Waals surface area contributed by atoms with Gasteiger partial charge in [0, 0.05) is 17.2 Å². The summed E-state index contributed by atoms with van der Waals surface area (Å²) in [5.74, 6) is 6.44. The summed E-state index contributed by atoms with van der Waals surface area (Å²) >= 11 is 0. The van der Waals surface area contributed by atoms with E-state index in [-0.39, 0.29) is 11.9 Å². The molecule has 1 aromatic carbocycles. The van der Waals surface area contributed by atoms with Crippen molar-refractivity contribution in [3.63, 3.8) is 0 Å². The van der Waals surface area contributed by atoms with Gasteiger partial charge in [0.25, 0.3) is 5.91 Å². The van der Waals surface area contributed by atoms with Crippen LogP contribution in [0.2, 0.25) is 0 Å². The number of carbonyl (C=O) groups is 1. The summed E-state index contributed by atoms with van der Waals surface area (Å²) < 4.78 is 0. The second-order valence-corrected chi connectivity index (χ2v) is 5.90. The molecule has 3 nitrogen and oxygen atoms in total. The molecule has 1 saturated carbocycles. The number of hydrogen-bond acceptors (Lipinski definition) is 2. The Morgan fingerprint density at radius 3 is 2.76 bits per heavy atom. The van der Waals surface area contributed by atoms with Crippen LogP contribution in [0.4, 0.5) is 0 Å². The molecular formula is C18H24N2O. The minimum Gasteiger partial charge on any atom is -0.349 e. The van der Waals surface area contributed by atoms with E-state index in [0.717, 1.165) is 11.1 Å². The van der Waals surface area contributed by atoms with E-state index in [1.165, 1.54) is 25.7 Å². The number of benzene rings is 1. The van der Waals surface area contributed by atoms with E-state index >= 15 is 0 Å². The third-order valence-electron chi connectivity index (χ3n) is 4.14. The van der Waals surface area contributed by atoms with Crippen LogP contribution in [0.15, 0.2) is 18.2 Å². The van der Waals surface area contributed by atoms with Gasteiger partial charge in [-0.15, -0.1) is 0 Å². The highest BCUT2D eigenvalue weighted by atomic mass is 16.1. The van der Waals surface area contributed by atoms with Gasteiger partial charge in [-0.2, -0.15) is 0 Å². The molecule has 112 valence electrons. The van der Waals surface area contributed by atoms with Crippen molar-refractivity contribution in [1.82, 2.24) is 5.32 Å². The predicted molar refractivity (Wildman–Crippen MR) is 86.0 cm³/mol. The third-order valence-corrected chi connectivity index (χ3v) is 4.14. The quantitative estimate of drug-likeness (QED) is 0.838. The van der Waals surface area contributed by atoms with Crippen LogP contribution in [-0.2, 0) is 0 Å². The Kier molecular flexibility index (Phi) is 5.41. The molecule has 1 fully saturated rings. The number of carbonyl (C=O) groups excluding carboxylic acids is 1. The van der Waals surface area contributed by atoms with Crippen LogP contribution < -0.4 is 11.1 Å². The van der Waals surface area contributed by atoms with Crippen LogP contribution in [0.3, 0.4) is 0 Å². The van der Waals surface area contributed by atoms with Crippen molar-refractivity contribution in [3.05, 3.63) is 34.9 Å². The largest absolute Gasteiger partial charge is 0.349 e. The molecule has 0 saturated heterocycles. The average molecular weight is 284 g/mol. The molecule has 0 bridgehead atoms. The molecule has 0 aromatic heterocycles. The number of aryl methyl sites for hydroxylation is 1. The van der Waals surface area contributed by atoms with E-state index in [1.807, 2.05) is 25.1 Å². The molecule has 1 aliphatic rings. The first kappa shape index (κ1) is 15.6. The molecule has 1 aliphatic carbocycles. The lowest BCUT2D eigenvalue weighted by Gasteiger charge is -2.20. The average Bonchev–Trinajstić information content (AvgIpc) is 2.98. The number of hydrogen-bond donors (Lipinski definition) is 2. The van der Waals surface area contributed by atoms with Gasteiger partial charge in [-0.1, -0.05) is 24.7 Å². The fraction of sp³-hybridized carbons (Fsp3) is 0.500. The molecule has 0 radical (unpaired) electrons. The molecule has 21 heavy (non-hydrogen) atoms. The molecule has 1 amide bonds. The molecular weight excluding hydrogens is 260 g/mol. The van der Waals surface area contributed by atoms with E-state index < -0.39 is 0 Å². The zero-order chi connectivity index (χ0) is 15.2. The van der Waals surface area contributed by atoms with Crippen molar-refractivity contribution in [2.24, 2.45) is 11.7 Å². The van der Waals surface area contributed by atoms with Crippen LogP contribution >= 0.6 is 0 Å². The lowest BCUT2D eigenvalue weighted by molar-refractivity contribution is 0.0927. The number of rotatable bonds is 3. The Bertz CT molecular complexity index is 562. The van der Waals surface area contributed by atoms with Crippen LogP contribution in [-0.4, -0.2) is 18.5 Å². The lowest BCUT2D eigenvalue weighted by atomic mass is 9.99. The number of nitrogens with one attached hydrogen (secondary N) is 1. The maximum atomic E-state index is 12.4. The van der Waals surface area contributed by atoms with E-state index in [2.05, 4.69) is 24.1 Å². The standard InChI is InChI=1S/C18H24N2O/c1-13-10-15(6-5-9-19)12-17(11-13)18(21)20-14(2)16-7-3-4-8-16/h10-12,14,16H,3-4,7-9,19H2,1-2H3,(H,20,21). The van der Waals surface area contributed by atoms with Gasteiger partial charge in [-0.3, -0.25) is 4.79 Å². The first-order valence-corrected chi connectivity index (χ1v) is 7.71. The van der Waals surface area contributed by atoms with Crippen molar-refractivity contribution >= 4 is 5.91 Å². The Labute approximate surface area is 127 Å². The zero-order valence-corrected chi connectivity index (χ0v) is 12.9. The monoisotopic (exact) mass is 284 g/mol. The van der Waals surface area contributed by atoms with Gasteiger partial charge in [-0.05, 0) is 56.4 Å². The fourth-order valence-corrected chi connectivity index (χ4v) is 3.00. The molecule has 1 atom stereocenters. The smallest absolute Gasteiger partial charge is 0.251 e. The highest BCUT2D eigenvalue weighted by Crippen LogP contribution is 2.27. The number of nitrogens with two attached hydrogens (primary N) is 1. The fourth-order valence-electron chi connectivity index (χ4n) is 3.00. The van der Waals surface area contributed by atoms with Crippen LogP contribution in [0, 0.1) is 24.7 Å². The minimum atomic E-state index is -0.00565. The Hall–Kier alpha value is -1.79. The lowest BCUT2D eigenvalue weighted by Crippen LogP contribution is -2.37. The van der Waals surface area contributed by atoms with E-state index in [9.17, 15) is 4.79 Å². The topological polar surface area (TPSA) is 55.1 Å². The first-order valence-electron chi connectivity index (χ1n) is 7.71. The van der Waals surface area contributed by atoms with Crippen molar-refractivity contribution in [2.45, 2.75) is 45.6 Å². The van der Waals surface area contributed by atoms with Gasteiger partial charge in [-0.25, -0.2) is 0 Å². The second kappa shape index (κ2) is 7.28. The molecule has 0 spiro atoms. The molecule has 2 rings (SSSR count). The van der Waals surface area contributed by atoms with Gasteiger partial charge < -0.3 is 11.1 Å². The minimum absolute atomic E-state index is 0.00565. The Morgan fingerprint density at radius 2 is 2.10 bits per heavy atom. The summed E-state index contributed by atoms with van der Waals surface area (Å²) in [4.78, 5) is 12.4. The maximum absolute atomic E-state index is 12.4. The predicted octanol–water partition coefficient (Wildman–Crippen LogP) is 2.61. The van der Waals surface area contributed by atoms with Gasteiger partial charge in [0.15, 0.2) is 0 Å². The van der Waals surface area contributed by atoms with Crippen LogP contribution in [0.1, 0.15) is 54.1 Å². The van der Waals surface area contributed by atoms with Crippen molar-refractivity contribution < 1.29 is 4.79 Å². The third kappa shape index (κ3) is 4.34. The highest BCUT2D eigenvalue weighted by molar-refractivity contribution is 5.95. The molecule has 0 aliphatic heterocycles. The van der Waals surface area contributed by atoms with Gasteiger partial charge >= 0.3 is 0 Å². The van der Waals surface area contributed by atoms with Crippen LogP contribution in [0.25, 0.3) is 0 Å². The first-order chi connectivity index (χ1) is 10.1. The summed E-state index contributed by atoms with van der Waals surface area (Å²) in [6.45, 7) is 4.41. The van der Waals surface area contributed by atoms with E-state index in [4.69, 9.17) is 5.73 Å². The highest BCUT2D eigenvalue weighted by Gasteiger charge is 2.23. The Morgan fingerprint density at radius 1 is 1.38 bits per heavy atom. The van der Waals surface area contributed by atoms with Crippen molar-refractivity contribution in [1.29, 1.82) is 0 Å². The van der Waals surface area contributed by atoms with Gasteiger partial charge in [0.2, 0.25) is 0 Å². The van der Waals surface area contributed by atoms with E-state index in [0.29, 0.717) is 18.0 Å². The maximum Gasteiger partial charge on any atom is 0.251 e. The molecule has 1 unspecified atom stereocenters. The molecule has 3 N–H and O–H groups in total. The molecule has 0 heterocycles. The summed E-state index contributed by atoms with van der Waals surface area (Å²) in [6, 6.07) is 5.95. The second-order valence-electron chi connectivity index (χ2n) is 5.90. The molecule has 3 heteroatoms. The summed E-state index contributed by atoms with van der Waals surface area (Å²) in [7, 11) is 0. The van der Waals surface area contributed by atoms with Gasteiger partial charge in [0.1, 0.15) is 0 Å². The van der Waals surface area contributed by atoms with Crippen molar-refractivity contribution in [3.8, 4) is 11.8 Å². The van der Waals surface area contributed by atoms with Crippen LogP contribution in [0.5, 0.6) is 0 Å². The van der Waals surface area contributed by atoms with Gasteiger partial charge in [0.05, 0.1) is 6.54 Å². The molecule has 1 aromatic rings. The summed E-state index contributed by atoms with van der Waals surface area (Å²) in [6.07, 6.45) is 5.02. The zero-order valence-electron chi connectivity index (χ0n) is 12.9. The van der Waals surface area contributed by atoms with Crippen molar-refractivity contribution in [2.75, 3.05) is 6.54 Å². The summed E-state index contributed by atoms with van der Waals surface area (Å²) in [5.41, 5.74) is 7.96. The Balaban J connectivity index is 2.09. The normalized spacial score (nSPS) is 16.1. The van der Waals surface area contributed by atoms with E-state index in [1.54, 1.807) is 0 Å². The number of amides is 1.